The number of anilines is 1. The van der Waals surface area contributed by atoms with E-state index in [9.17, 15) is 0 Å². The molecule has 0 saturated heterocycles. The minimum Gasteiger partial charge on any atom is -0.497 e. The molecule has 1 aromatic carbocycles. The van der Waals surface area contributed by atoms with Crippen LogP contribution in [0, 0.1) is 0 Å². The molecule has 1 atom stereocenters. The van der Waals surface area contributed by atoms with E-state index in [0.717, 1.165) is 17.0 Å². The van der Waals surface area contributed by atoms with Crippen LogP contribution in [0.1, 0.15) is 11.6 Å². The van der Waals surface area contributed by atoms with Gasteiger partial charge in [0.1, 0.15) is 5.75 Å². The lowest BCUT2D eigenvalue weighted by atomic mass is 10.1. The highest BCUT2D eigenvalue weighted by Gasteiger charge is 2.15. The number of rotatable bonds is 5. The third kappa shape index (κ3) is 3.03. The molecule has 0 bridgehead atoms. The minimum atomic E-state index is 0.113. The van der Waals surface area contributed by atoms with Crippen LogP contribution >= 0.6 is 0 Å². The first kappa shape index (κ1) is 13.4. The maximum Gasteiger partial charge on any atom is 0.119 e. The van der Waals surface area contributed by atoms with Gasteiger partial charge in [-0.3, -0.25) is 4.98 Å². The van der Waals surface area contributed by atoms with E-state index in [-0.39, 0.29) is 6.04 Å². The summed E-state index contributed by atoms with van der Waals surface area (Å²) < 4.78 is 5.17. The number of nitrogens with zero attached hydrogens (tertiary/aromatic N) is 2. The average Bonchev–Trinajstić information content (AvgIpc) is 2.49. The van der Waals surface area contributed by atoms with Gasteiger partial charge in [0.25, 0.3) is 0 Å². The van der Waals surface area contributed by atoms with Gasteiger partial charge < -0.3 is 15.4 Å². The van der Waals surface area contributed by atoms with Crippen molar-refractivity contribution >= 4 is 5.69 Å². The molecule has 0 amide bonds. The second-order valence-electron chi connectivity index (χ2n) is 4.35. The van der Waals surface area contributed by atoms with Gasteiger partial charge in [-0.05, 0) is 35.9 Å². The summed E-state index contributed by atoms with van der Waals surface area (Å²) in [5.74, 6) is 0.850. The van der Waals surface area contributed by atoms with Gasteiger partial charge >= 0.3 is 0 Å². The molecule has 2 rings (SSSR count). The minimum absolute atomic E-state index is 0.113. The third-order valence-corrected chi connectivity index (χ3v) is 3.24. The Balaban J connectivity index is 2.22. The Bertz CT molecular complexity index is 499. The van der Waals surface area contributed by atoms with Crippen molar-refractivity contribution in [3.63, 3.8) is 0 Å². The van der Waals surface area contributed by atoms with E-state index in [1.165, 1.54) is 0 Å². The van der Waals surface area contributed by atoms with Crippen LogP contribution in [0.4, 0.5) is 5.69 Å². The van der Waals surface area contributed by atoms with E-state index in [1.54, 1.807) is 13.3 Å². The molecule has 0 aliphatic heterocycles. The third-order valence-electron chi connectivity index (χ3n) is 3.24. The van der Waals surface area contributed by atoms with E-state index < -0.39 is 0 Å². The zero-order valence-corrected chi connectivity index (χ0v) is 11.3. The van der Waals surface area contributed by atoms with Crippen molar-refractivity contribution in [2.75, 3.05) is 25.6 Å². The molecule has 0 saturated carbocycles. The summed E-state index contributed by atoms with van der Waals surface area (Å²) in [7, 11) is 3.70. The molecule has 2 N–H and O–H groups in total. The summed E-state index contributed by atoms with van der Waals surface area (Å²) in [5, 5.41) is 0. The molecule has 0 aliphatic rings. The molecule has 1 aromatic heterocycles. The monoisotopic (exact) mass is 257 g/mol. The van der Waals surface area contributed by atoms with Crippen LogP contribution in [-0.2, 0) is 0 Å². The van der Waals surface area contributed by atoms with Gasteiger partial charge in [0.2, 0.25) is 0 Å². The molecule has 0 spiro atoms. The topological polar surface area (TPSA) is 51.4 Å². The predicted molar refractivity (Wildman–Crippen MR) is 77.4 cm³/mol. The van der Waals surface area contributed by atoms with Crippen LogP contribution in [0.3, 0.4) is 0 Å². The second kappa shape index (κ2) is 6.20. The molecule has 0 radical (unpaired) electrons. The van der Waals surface area contributed by atoms with Crippen LogP contribution in [-0.4, -0.2) is 25.7 Å². The number of methoxy groups -OCH3 is 1. The molecule has 19 heavy (non-hydrogen) atoms. The number of hydrogen-bond acceptors (Lipinski definition) is 4. The van der Waals surface area contributed by atoms with Crippen LogP contribution in [0.5, 0.6) is 5.75 Å². The fraction of sp³-hybridized carbons (Fsp3) is 0.267. The van der Waals surface area contributed by atoms with Gasteiger partial charge in [-0.2, -0.15) is 0 Å². The van der Waals surface area contributed by atoms with Crippen LogP contribution in [0.15, 0.2) is 48.8 Å². The van der Waals surface area contributed by atoms with E-state index in [2.05, 4.69) is 9.88 Å². The van der Waals surface area contributed by atoms with Gasteiger partial charge in [0, 0.05) is 31.7 Å². The summed E-state index contributed by atoms with van der Waals surface area (Å²) >= 11 is 0. The van der Waals surface area contributed by atoms with Crippen molar-refractivity contribution in [1.29, 1.82) is 0 Å². The van der Waals surface area contributed by atoms with Crippen LogP contribution in [0.25, 0.3) is 0 Å². The number of benzene rings is 1. The molecular weight excluding hydrogens is 238 g/mol. The Labute approximate surface area is 113 Å². The second-order valence-corrected chi connectivity index (χ2v) is 4.35. The van der Waals surface area contributed by atoms with Crippen molar-refractivity contribution in [3.05, 3.63) is 54.4 Å². The summed E-state index contributed by atoms with van der Waals surface area (Å²) in [6.07, 6.45) is 3.63. The lowest BCUT2D eigenvalue weighted by Crippen LogP contribution is -2.30. The molecule has 0 aliphatic carbocycles. The molecule has 100 valence electrons. The summed E-state index contributed by atoms with van der Waals surface area (Å²) in [5.41, 5.74) is 8.12. The molecular formula is C15H19N3O. The van der Waals surface area contributed by atoms with Gasteiger partial charge in [0.05, 0.1) is 13.2 Å². The Morgan fingerprint density at radius 3 is 2.53 bits per heavy atom. The van der Waals surface area contributed by atoms with Gasteiger partial charge in [-0.15, -0.1) is 0 Å². The number of ether oxygens (including phenoxy) is 1. The maximum absolute atomic E-state index is 5.90. The first-order valence-electron chi connectivity index (χ1n) is 6.23. The first-order chi connectivity index (χ1) is 9.26. The van der Waals surface area contributed by atoms with Crippen molar-refractivity contribution in [2.45, 2.75) is 6.04 Å². The zero-order chi connectivity index (χ0) is 13.7. The van der Waals surface area contributed by atoms with Crippen molar-refractivity contribution in [2.24, 2.45) is 5.73 Å². The van der Waals surface area contributed by atoms with Crippen molar-refractivity contribution in [3.8, 4) is 5.75 Å². The largest absolute Gasteiger partial charge is 0.497 e. The quantitative estimate of drug-likeness (QED) is 0.892. The van der Waals surface area contributed by atoms with Crippen molar-refractivity contribution < 1.29 is 4.74 Å². The molecule has 1 heterocycles. The highest BCUT2D eigenvalue weighted by Crippen LogP contribution is 2.26. The first-order valence-corrected chi connectivity index (χ1v) is 6.23. The number of likely N-dealkylation sites (N-methyl/N-ethyl adjacent to an activating group) is 1. The maximum atomic E-state index is 5.90. The summed E-state index contributed by atoms with van der Waals surface area (Å²) in [6, 6.07) is 12.0. The van der Waals surface area contributed by atoms with Crippen LogP contribution in [0.2, 0.25) is 0 Å². The van der Waals surface area contributed by atoms with E-state index in [4.69, 9.17) is 10.5 Å². The summed E-state index contributed by atoms with van der Waals surface area (Å²) in [4.78, 5) is 6.30. The molecule has 2 aromatic rings. The standard InChI is InChI=1S/C15H19N3O/c1-18(13-5-7-14(19-2)8-6-13)15(10-16)12-4-3-9-17-11-12/h3-9,11,15H,10,16H2,1-2H3. The normalized spacial score (nSPS) is 11.9. The van der Waals surface area contributed by atoms with Crippen LogP contribution < -0.4 is 15.4 Å². The van der Waals surface area contributed by atoms with E-state index >= 15 is 0 Å². The predicted octanol–water partition coefficient (Wildman–Crippen LogP) is 2.23. The van der Waals surface area contributed by atoms with Gasteiger partial charge in [-0.1, -0.05) is 6.07 Å². The molecule has 0 fully saturated rings. The molecule has 1 unspecified atom stereocenters. The molecule has 4 nitrogen and oxygen atoms in total. The highest BCUT2D eigenvalue weighted by molar-refractivity contribution is 5.50. The fourth-order valence-corrected chi connectivity index (χ4v) is 2.09. The Morgan fingerprint density at radius 2 is 2.00 bits per heavy atom. The lowest BCUT2D eigenvalue weighted by molar-refractivity contribution is 0.415. The van der Waals surface area contributed by atoms with E-state index in [1.807, 2.05) is 49.6 Å². The lowest BCUT2D eigenvalue weighted by Gasteiger charge is -2.29. The molecule has 4 heteroatoms. The van der Waals surface area contributed by atoms with Crippen molar-refractivity contribution in [1.82, 2.24) is 4.98 Å². The Morgan fingerprint density at radius 1 is 1.26 bits per heavy atom. The number of hydrogen-bond donors (Lipinski definition) is 1. The fourth-order valence-electron chi connectivity index (χ4n) is 2.09. The number of aromatic nitrogens is 1. The Kier molecular flexibility index (Phi) is 4.36. The van der Waals surface area contributed by atoms with Gasteiger partial charge in [0.15, 0.2) is 0 Å². The Hall–Kier alpha value is -2.07. The summed E-state index contributed by atoms with van der Waals surface area (Å²) in [6.45, 7) is 0.536. The smallest absolute Gasteiger partial charge is 0.119 e. The average molecular weight is 257 g/mol. The SMILES string of the molecule is COc1ccc(N(C)C(CN)c2cccnc2)cc1. The van der Waals surface area contributed by atoms with E-state index in [0.29, 0.717) is 6.54 Å². The number of pyridine rings is 1. The highest BCUT2D eigenvalue weighted by atomic mass is 16.5. The zero-order valence-electron chi connectivity index (χ0n) is 11.3. The van der Waals surface area contributed by atoms with Gasteiger partial charge in [-0.25, -0.2) is 0 Å². The number of nitrogens with two attached hydrogens (primary N) is 1.